The molecule has 3 rings (SSSR count). The monoisotopic (exact) mass is 827 g/mol. The van der Waals surface area contributed by atoms with Gasteiger partial charge >= 0.3 is 11.9 Å². The number of hydrogen-bond acceptors (Lipinski definition) is 12. The van der Waals surface area contributed by atoms with Crippen LogP contribution in [-0.4, -0.2) is 100 Å². The van der Waals surface area contributed by atoms with Crippen LogP contribution in [0.25, 0.3) is 0 Å². The van der Waals surface area contributed by atoms with E-state index in [1.807, 2.05) is 53.5 Å². The number of phenols is 1. The quantitative estimate of drug-likeness (QED) is 0.0738. The fraction of sp³-hybridized carbons (Fsp3) is 0.651. The van der Waals surface area contributed by atoms with Crippen molar-refractivity contribution in [2.45, 2.75) is 137 Å². The minimum Gasteiger partial charge on any atom is -0.508 e. The number of ether oxygens (including phenoxy) is 2. The standard InChI is InChI=1S/C43H65N5O9S/c1-10-29(7)39(46-41(54)35-13-11-12-18-47(35)9)43(55)48(25-56-38(52)19-26(2)3)36(27(4)5)22-37(57-30(8)50)42-45-34(24-58-42)40(53)44-32(20-28(6)23-49)21-31-14-16-33(51)17-15-31/h14-17,23-24,26-29,32,35-37,39,51H,10-13,18-22,25H2,1-9H3,(H,44,53)(H,46,54). The highest BCUT2D eigenvalue weighted by Crippen LogP contribution is 2.32. The van der Waals surface area contributed by atoms with Crippen molar-refractivity contribution in [2.75, 3.05) is 20.3 Å². The molecule has 3 amide bonds. The molecule has 2 heterocycles. The zero-order valence-electron chi connectivity index (χ0n) is 35.7. The topological polar surface area (TPSA) is 185 Å². The molecule has 1 aliphatic heterocycles. The van der Waals surface area contributed by atoms with Gasteiger partial charge < -0.3 is 34.9 Å². The Labute approximate surface area is 347 Å². The largest absolute Gasteiger partial charge is 0.508 e. The second-order valence-electron chi connectivity index (χ2n) is 16.5. The van der Waals surface area contributed by atoms with Gasteiger partial charge in [0.15, 0.2) is 12.8 Å². The summed E-state index contributed by atoms with van der Waals surface area (Å²) < 4.78 is 11.6. The first-order valence-electron chi connectivity index (χ1n) is 20.6. The molecule has 14 nitrogen and oxygen atoms in total. The van der Waals surface area contributed by atoms with Gasteiger partial charge in [-0.1, -0.05) is 73.4 Å². The predicted molar refractivity (Wildman–Crippen MR) is 222 cm³/mol. The van der Waals surface area contributed by atoms with Gasteiger partial charge in [0.05, 0.1) is 6.04 Å². The molecule has 3 N–H and O–H groups in total. The van der Waals surface area contributed by atoms with Crippen molar-refractivity contribution in [2.24, 2.45) is 23.7 Å². The summed E-state index contributed by atoms with van der Waals surface area (Å²) in [7, 11) is 1.91. The Morgan fingerprint density at radius 1 is 1.03 bits per heavy atom. The van der Waals surface area contributed by atoms with Gasteiger partial charge in [-0.25, -0.2) is 4.98 Å². The molecular weight excluding hydrogens is 763 g/mol. The van der Waals surface area contributed by atoms with Crippen LogP contribution in [0.1, 0.15) is 127 Å². The van der Waals surface area contributed by atoms with Crippen LogP contribution in [-0.2, 0) is 39.9 Å². The van der Waals surface area contributed by atoms with E-state index in [1.165, 1.54) is 11.8 Å². The third kappa shape index (κ3) is 14.8. The molecule has 0 bridgehead atoms. The predicted octanol–water partition coefficient (Wildman–Crippen LogP) is 5.82. The lowest BCUT2D eigenvalue weighted by molar-refractivity contribution is -0.161. The highest BCUT2D eigenvalue weighted by molar-refractivity contribution is 7.09. The van der Waals surface area contributed by atoms with Crippen LogP contribution in [0.4, 0.5) is 0 Å². The van der Waals surface area contributed by atoms with E-state index in [-0.39, 0.29) is 66.6 Å². The molecule has 0 aliphatic carbocycles. The number of rotatable bonds is 22. The number of aromatic hydroxyl groups is 1. The smallest absolute Gasteiger partial charge is 0.307 e. The number of carbonyl (C=O) groups is 6. The summed E-state index contributed by atoms with van der Waals surface area (Å²) in [5.74, 6) is -2.86. The van der Waals surface area contributed by atoms with Gasteiger partial charge in [0.1, 0.15) is 28.8 Å². The number of benzene rings is 1. The van der Waals surface area contributed by atoms with Gasteiger partial charge in [-0.2, -0.15) is 0 Å². The molecule has 1 aliphatic rings. The number of likely N-dealkylation sites (tertiary alicyclic amines) is 1. The molecule has 1 saturated heterocycles. The van der Waals surface area contributed by atoms with Crippen LogP contribution in [0.5, 0.6) is 5.75 Å². The molecular formula is C43H65N5O9S. The summed E-state index contributed by atoms with van der Waals surface area (Å²) in [4.78, 5) is 87.3. The van der Waals surface area contributed by atoms with Crippen LogP contribution in [0.2, 0.25) is 0 Å². The number of thiazole rings is 1. The minimum absolute atomic E-state index is 0.0262. The molecule has 0 radical (unpaired) electrons. The normalized spacial score (nSPS) is 17.7. The Hall–Kier alpha value is -4.37. The second kappa shape index (κ2) is 23.3. The van der Waals surface area contributed by atoms with E-state index in [0.717, 1.165) is 42.6 Å². The van der Waals surface area contributed by atoms with E-state index < -0.39 is 48.0 Å². The molecule has 1 aromatic heterocycles. The van der Waals surface area contributed by atoms with Crippen molar-refractivity contribution in [3.63, 3.8) is 0 Å². The SMILES string of the molecule is CCC(C)C(NC(=O)C1CCCCN1C)C(=O)N(COC(=O)CC(C)C)C(CC(OC(C)=O)c1nc(C(=O)NC(Cc2ccc(O)cc2)CC(C)C=O)cs1)C(C)C. The zero-order valence-corrected chi connectivity index (χ0v) is 36.5. The Morgan fingerprint density at radius 3 is 2.31 bits per heavy atom. The van der Waals surface area contributed by atoms with Crippen molar-refractivity contribution >= 4 is 47.3 Å². The maximum atomic E-state index is 14.8. The van der Waals surface area contributed by atoms with E-state index in [4.69, 9.17) is 9.47 Å². The fourth-order valence-corrected chi connectivity index (χ4v) is 8.01. The first-order valence-corrected chi connectivity index (χ1v) is 21.4. The van der Waals surface area contributed by atoms with E-state index >= 15 is 0 Å². The average molecular weight is 828 g/mol. The third-order valence-electron chi connectivity index (χ3n) is 10.7. The van der Waals surface area contributed by atoms with E-state index in [1.54, 1.807) is 36.6 Å². The fourth-order valence-electron chi connectivity index (χ4n) is 7.17. The highest BCUT2D eigenvalue weighted by atomic mass is 32.1. The van der Waals surface area contributed by atoms with Gasteiger partial charge in [0.25, 0.3) is 5.91 Å². The number of hydrogen-bond donors (Lipinski definition) is 3. The van der Waals surface area contributed by atoms with Gasteiger partial charge in [-0.15, -0.1) is 11.3 Å². The molecule has 0 saturated carbocycles. The molecule has 58 heavy (non-hydrogen) atoms. The molecule has 0 spiro atoms. The van der Waals surface area contributed by atoms with Crippen molar-refractivity contribution < 1.29 is 43.3 Å². The maximum absolute atomic E-state index is 14.8. The summed E-state index contributed by atoms with van der Waals surface area (Å²) in [5.41, 5.74) is 0.954. The first-order chi connectivity index (χ1) is 27.4. The van der Waals surface area contributed by atoms with Crippen LogP contribution < -0.4 is 10.6 Å². The number of likely N-dealkylation sites (N-methyl/N-ethyl adjacent to an activating group) is 1. The molecule has 2 aromatic rings. The summed E-state index contributed by atoms with van der Waals surface area (Å²) in [6.07, 6.45) is 4.04. The van der Waals surface area contributed by atoms with Gasteiger partial charge in [0, 0.05) is 43.1 Å². The zero-order chi connectivity index (χ0) is 43.1. The first kappa shape index (κ1) is 48.0. The summed E-state index contributed by atoms with van der Waals surface area (Å²) in [6.45, 7) is 14.9. The van der Waals surface area contributed by atoms with Crippen molar-refractivity contribution in [3.8, 4) is 5.75 Å². The number of carbonyl (C=O) groups excluding carboxylic acids is 6. The number of aldehydes is 1. The van der Waals surface area contributed by atoms with E-state index in [9.17, 15) is 33.9 Å². The minimum atomic E-state index is -0.978. The lowest BCUT2D eigenvalue weighted by Gasteiger charge is -2.39. The van der Waals surface area contributed by atoms with Crippen LogP contribution >= 0.6 is 11.3 Å². The summed E-state index contributed by atoms with van der Waals surface area (Å²) in [6, 6.07) is 4.25. The van der Waals surface area contributed by atoms with Crippen molar-refractivity contribution in [1.82, 2.24) is 25.4 Å². The molecule has 7 unspecified atom stereocenters. The van der Waals surface area contributed by atoms with Gasteiger partial charge in [0.2, 0.25) is 11.8 Å². The number of piperidine rings is 1. The number of nitrogens with zero attached hydrogens (tertiary/aromatic N) is 3. The maximum Gasteiger partial charge on any atom is 0.307 e. The second-order valence-corrected chi connectivity index (χ2v) is 17.4. The van der Waals surface area contributed by atoms with Crippen molar-refractivity contribution in [1.29, 1.82) is 0 Å². The number of amides is 3. The summed E-state index contributed by atoms with van der Waals surface area (Å²) in [5, 5.41) is 17.7. The molecule has 15 heteroatoms. The Morgan fingerprint density at radius 2 is 1.72 bits per heavy atom. The number of phenolic OH excluding ortho intramolecular Hbond substituents is 1. The van der Waals surface area contributed by atoms with Crippen LogP contribution in [0.15, 0.2) is 29.6 Å². The highest BCUT2D eigenvalue weighted by Gasteiger charge is 2.39. The molecule has 7 atom stereocenters. The Balaban J connectivity index is 1.95. The molecule has 1 fully saturated rings. The number of nitrogens with one attached hydrogen (secondary N) is 2. The lowest BCUT2D eigenvalue weighted by Crippen LogP contribution is -2.59. The molecule has 1 aromatic carbocycles. The third-order valence-corrected chi connectivity index (χ3v) is 11.6. The van der Waals surface area contributed by atoms with Gasteiger partial charge in [-0.05, 0) is 74.7 Å². The van der Waals surface area contributed by atoms with Crippen LogP contribution in [0, 0.1) is 23.7 Å². The number of aromatic nitrogens is 1. The molecule has 322 valence electrons. The van der Waals surface area contributed by atoms with Crippen LogP contribution in [0.3, 0.4) is 0 Å². The lowest BCUT2D eigenvalue weighted by atomic mass is 9.92. The Kier molecular flexibility index (Phi) is 19.3. The van der Waals surface area contributed by atoms with Crippen molar-refractivity contribution in [3.05, 3.63) is 45.9 Å². The average Bonchev–Trinajstić information content (AvgIpc) is 3.67. The Bertz CT molecular complexity index is 1670. The summed E-state index contributed by atoms with van der Waals surface area (Å²) >= 11 is 1.13. The van der Waals surface area contributed by atoms with E-state index in [2.05, 4.69) is 15.6 Å². The number of esters is 2. The van der Waals surface area contributed by atoms with Gasteiger partial charge in [-0.3, -0.25) is 28.9 Å². The van der Waals surface area contributed by atoms with E-state index in [0.29, 0.717) is 30.7 Å².